The first kappa shape index (κ1) is 17.5. The van der Waals surface area contributed by atoms with E-state index < -0.39 is 23.0 Å². The second-order valence-corrected chi connectivity index (χ2v) is 6.48. The Morgan fingerprint density at radius 3 is 2.38 bits per heavy atom. The highest BCUT2D eigenvalue weighted by Crippen LogP contribution is 2.35. The van der Waals surface area contributed by atoms with E-state index in [1.807, 2.05) is 0 Å². The van der Waals surface area contributed by atoms with Gasteiger partial charge < -0.3 is 14.9 Å². The van der Waals surface area contributed by atoms with E-state index in [-0.39, 0.29) is 17.6 Å². The van der Waals surface area contributed by atoms with Gasteiger partial charge >= 0.3 is 6.09 Å². The Morgan fingerprint density at radius 2 is 1.90 bits per heavy atom. The van der Waals surface area contributed by atoms with Crippen molar-refractivity contribution in [3.8, 4) is 5.75 Å². The zero-order valence-corrected chi connectivity index (χ0v) is 13.5. The maximum atomic E-state index is 12.4. The Morgan fingerprint density at radius 1 is 1.33 bits per heavy atom. The van der Waals surface area contributed by atoms with Crippen LogP contribution in [0.5, 0.6) is 5.75 Å². The number of rotatable bonds is 3. The normalized spacial score (nSPS) is 12.1. The molecule has 0 aliphatic carbocycles. The lowest BCUT2D eigenvalue weighted by atomic mass is 10.0. The first-order valence-corrected chi connectivity index (χ1v) is 6.71. The molecule has 118 valence electrons. The summed E-state index contributed by atoms with van der Waals surface area (Å²) in [6, 6.07) is 0. The van der Waals surface area contributed by atoms with Gasteiger partial charge in [-0.15, -0.1) is 0 Å². The predicted octanol–water partition coefficient (Wildman–Crippen LogP) is 2.35. The van der Waals surface area contributed by atoms with Gasteiger partial charge in [-0.3, -0.25) is 4.90 Å². The van der Waals surface area contributed by atoms with Gasteiger partial charge in [0.25, 0.3) is 0 Å². The zero-order valence-electron chi connectivity index (χ0n) is 12.7. The van der Waals surface area contributed by atoms with Gasteiger partial charge in [-0.1, -0.05) is 11.6 Å². The maximum absolute atomic E-state index is 12.4. The van der Waals surface area contributed by atoms with E-state index >= 15 is 0 Å². The first-order valence-electron chi connectivity index (χ1n) is 6.33. The fourth-order valence-electron chi connectivity index (χ4n) is 1.51. The Bertz CT molecular complexity index is 529. The van der Waals surface area contributed by atoms with Crippen LogP contribution in [0.3, 0.4) is 0 Å². The van der Waals surface area contributed by atoms with Crippen LogP contribution in [0.2, 0.25) is 5.15 Å². The second-order valence-electron chi connectivity index (χ2n) is 6.12. The minimum absolute atomic E-state index is 0.122. The van der Waals surface area contributed by atoms with Crippen LogP contribution in [0.4, 0.5) is 10.6 Å². The van der Waals surface area contributed by atoms with Gasteiger partial charge in [0.05, 0.1) is 12.1 Å². The van der Waals surface area contributed by atoms with E-state index in [1.165, 1.54) is 0 Å². The Labute approximate surface area is 128 Å². The largest absolute Gasteiger partial charge is 0.502 e. The minimum atomic E-state index is -1.06. The number of hydrogen-bond donors (Lipinski definition) is 2. The summed E-state index contributed by atoms with van der Waals surface area (Å²) in [6.45, 7) is 7.97. The van der Waals surface area contributed by atoms with Crippen LogP contribution in [0.25, 0.3) is 0 Å². The van der Waals surface area contributed by atoms with Crippen LogP contribution in [-0.4, -0.2) is 44.0 Å². The molecule has 0 aliphatic heterocycles. The molecule has 0 unspecified atom stereocenters. The molecular formula is C13H20ClN3O4. The third kappa shape index (κ3) is 4.18. The van der Waals surface area contributed by atoms with Crippen molar-refractivity contribution < 1.29 is 19.7 Å². The molecule has 1 rings (SSSR count). The summed E-state index contributed by atoms with van der Waals surface area (Å²) in [5.41, 5.74) is -1.80. The van der Waals surface area contributed by atoms with Crippen molar-refractivity contribution in [3.05, 3.63) is 11.5 Å². The molecule has 0 aromatic carbocycles. The fourth-order valence-corrected chi connectivity index (χ4v) is 1.64. The third-order valence-electron chi connectivity index (χ3n) is 2.54. The molecule has 0 saturated carbocycles. The number of anilines is 1. The van der Waals surface area contributed by atoms with Crippen LogP contribution in [-0.2, 0) is 4.74 Å². The molecule has 8 heteroatoms. The van der Waals surface area contributed by atoms with E-state index in [0.717, 1.165) is 11.2 Å². The molecule has 0 spiro atoms. The van der Waals surface area contributed by atoms with Crippen LogP contribution >= 0.6 is 11.6 Å². The molecule has 21 heavy (non-hydrogen) atoms. The number of halogens is 1. The molecule has 0 atom stereocenters. The molecule has 0 saturated heterocycles. The topological polar surface area (TPSA) is 95.8 Å². The summed E-state index contributed by atoms with van der Waals surface area (Å²) >= 11 is 5.75. The number of aromatic hydroxyl groups is 1. The average Bonchev–Trinajstić information content (AvgIpc) is 2.32. The highest BCUT2D eigenvalue weighted by atomic mass is 35.5. The summed E-state index contributed by atoms with van der Waals surface area (Å²) in [6.07, 6.45) is 0.356. The lowest BCUT2D eigenvalue weighted by Gasteiger charge is -2.37. The minimum Gasteiger partial charge on any atom is -0.502 e. The van der Waals surface area contributed by atoms with Gasteiger partial charge in [0, 0.05) is 0 Å². The smallest absolute Gasteiger partial charge is 0.416 e. The summed E-state index contributed by atoms with van der Waals surface area (Å²) in [7, 11) is 0. The number of carbonyl (C=O) groups is 1. The summed E-state index contributed by atoms with van der Waals surface area (Å²) < 4.78 is 5.30. The number of carbonyl (C=O) groups excluding carboxylic acids is 1. The van der Waals surface area contributed by atoms with Crippen molar-refractivity contribution in [2.24, 2.45) is 0 Å². The molecule has 1 aromatic heterocycles. The molecule has 2 N–H and O–H groups in total. The number of ether oxygens (including phenoxy) is 1. The molecule has 1 heterocycles. The first-order chi connectivity index (χ1) is 9.49. The van der Waals surface area contributed by atoms with E-state index in [4.69, 9.17) is 16.3 Å². The third-order valence-corrected chi connectivity index (χ3v) is 2.82. The summed E-state index contributed by atoms with van der Waals surface area (Å²) in [5.74, 6) is -0.574. The molecule has 0 radical (unpaired) electrons. The maximum Gasteiger partial charge on any atom is 0.416 e. The van der Waals surface area contributed by atoms with Crippen molar-refractivity contribution >= 4 is 23.5 Å². The molecule has 1 amide bonds. The standard InChI is InChI=1S/C13H20ClN3O4/c1-12(2,3)21-11(20)17(13(4,5)6-18)10-8(19)9(14)15-7-16-10/h7,18-19H,6H2,1-5H3. The molecule has 0 fully saturated rings. The van der Waals surface area contributed by atoms with E-state index in [0.29, 0.717) is 0 Å². The van der Waals surface area contributed by atoms with Gasteiger partial charge in [-0.05, 0) is 34.6 Å². The Hall–Kier alpha value is -1.60. The van der Waals surface area contributed by atoms with Crippen LogP contribution < -0.4 is 4.90 Å². The number of nitrogens with zero attached hydrogens (tertiary/aromatic N) is 3. The van der Waals surface area contributed by atoms with Crippen LogP contribution in [0.1, 0.15) is 34.6 Å². The Kier molecular flexibility index (Phi) is 5.01. The lowest BCUT2D eigenvalue weighted by Crippen LogP contribution is -2.52. The number of hydrogen-bond acceptors (Lipinski definition) is 6. The monoisotopic (exact) mass is 317 g/mol. The van der Waals surface area contributed by atoms with Gasteiger partial charge in [0.1, 0.15) is 11.9 Å². The number of aromatic nitrogens is 2. The van der Waals surface area contributed by atoms with Gasteiger partial charge in [-0.25, -0.2) is 14.8 Å². The molecular weight excluding hydrogens is 298 g/mol. The number of amides is 1. The molecule has 1 aromatic rings. The average molecular weight is 318 g/mol. The van der Waals surface area contributed by atoms with E-state index in [9.17, 15) is 15.0 Å². The molecule has 0 aliphatic rings. The van der Waals surface area contributed by atoms with Gasteiger partial charge in [0.2, 0.25) is 0 Å². The highest BCUT2D eigenvalue weighted by Gasteiger charge is 2.38. The van der Waals surface area contributed by atoms with Gasteiger partial charge in [-0.2, -0.15) is 0 Å². The second kappa shape index (κ2) is 6.03. The Balaban J connectivity index is 3.33. The fraction of sp³-hybridized carbons (Fsp3) is 0.615. The van der Waals surface area contributed by atoms with Crippen molar-refractivity contribution in [3.63, 3.8) is 0 Å². The summed E-state index contributed by atoms with van der Waals surface area (Å²) in [5, 5.41) is 19.3. The van der Waals surface area contributed by atoms with Crippen molar-refractivity contribution in [2.45, 2.75) is 45.8 Å². The summed E-state index contributed by atoms with van der Waals surface area (Å²) in [4.78, 5) is 21.0. The van der Waals surface area contributed by atoms with Crippen molar-refractivity contribution in [1.29, 1.82) is 0 Å². The van der Waals surface area contributed by atoms with Gasteiger partial charge in [0.15, 0.2) is 16.7 Å². The van der Waals surface area contributed by atoms with Crippen LogP contribution in [0.15, 0.2) is 6.33 Å². The van der Waals surface area contributed by atoms with Crippen molar-refractivity contribution in [1.82, 2.24) is 9.97 Å². The quantitative estimate of drug-likeness (QED) is 0.831. The lowest BCUT2D eigenvalue weighted by molar-refractivity contribution is 0.0515. The number of aliphatic hydroxyl groups is 1. The van der Waals surface area contributed by atoms with Crippen molar-refractivity contribution in [2.75, 3.05) is 11.5 Å². The molecule has 0 bridgehead atoms. The predicted molar refractivity (Wildman–Crippen MR) is 78.6 cm³/mol. The molecule has 7 nitrogen and oxygen atoms in total. The van der Waals surface area contributed by atoms with Crippen LogP contribution in [0, 0.1) is 0 Å². The highest BCUT2D eigenvalue weighted by molar-refractivity contribution is 6.31. The van der Waals surface area contributed by atoms with E-state index in [1.54, 1.807) is 34.6 Å². The zero-order chi connectivity index (χ0) is 16.4. The number of aliphatic hydroxyl groups excluding tert-OH is 1. The van der Waals surface area contributed by atoms with E-state index in [2.05, 4.69) is 9.97 Å². The SMILES string of the molecule is CC(C)(C)OC(=O)N(c1ncnc(Cl)c1O)C(C)(C)CO.